The predicted molar refractivity (Wildman–Crippen MR) is 114 cm³/mol. The molecule has 3 N–H and O–H groups in total. The summed E-state index contributed by atoms with van der Waals surface area (Å²) in [5.74, 6) is -0.907. The molecule has 3 rings (SSSR count). The Labute approximate surface area is 186 Å². The molecule has 0 fully saturated rings. The van der Waals surface area contributed by atoms with Gasteiger partial charge in [-0.1, -0.05) is 82.8 Å². The zero-order chi connectivity index (χ0) is 21.6. The molecular weight excluding hydrogens is 482 g/mol. The number of halogens is 4. The first-order chi connectivity index (χ1) is 13.5. The van der Waals surface area contributed by atoms with Crippen molar-refractivity contribution < 1.29 is 23.2 Å². The molecule has 0 aromatic heterocycles. The summed E-state index contributed by atoms with van der Waals surface area (Å²) in [4.78, 5) is 0. The van der Waals surface area contributed by atoms with E-state index in [0.29, 0.717) is 0 Å². The first-order valence-corrected chi connectivity index (χ1v) is 10.9. The molecule has 5 nitrogen and oxygen atoms in total. The van der Waals surface area contributed by atoms with Gasteiger partial charge in [-0.2, -0.15) is 8.42 Å². The van der Waals surface area contributed by atoms with Crippen LogP contribution in [0.1, 0.15) is 16.7 Å². The fraction of sp³-hybridized carbons (Fsp3) is 0.0526. The van der Waals surface area contributed by atoms with Crippen LogP contribution in [0.15, 0.2) is 54.6 Å². The van der Waals surface area contributed by atoms with E-state index in [1.807, 2.05) is 0 Å². The monoisotopic (exact) mass is 492 g/mol. The highest BCUT2D eigenvalue weighted by Gasteiger charge is 2.52. The summed E-state index contributed by atoms with van der Waals surface area (Å²) in [6.07, 6.45) is 0. The van der Waals surface area contributed by atoms with E-state index >= 15 is 0 Å². The van der Waals surface area contributed by atoms with Crippen LogP contribution < -0.4 is 0 Å². The van der Waals surface area contributed by atoms with Crippen molar-refractivity contribution in [3.63, 3.8) is 0 Å². The van der Waals surface area contributed by atoms with E-state index in [1.54, 1.807) is 0 Å². The average molecular weight is 494 g/mol. The van der Waals surface area contributed by atoms with Crippen LogP contribution >= 0.6 is 46.4 Å². The molecule has 0 amide bonds. The van der Waals surface area contributed by atoms with Crippen molar-refractivity contribution in [2.45, 2.75) is 4.75 Å². The summed E-state index contributed by atoms with van der Waals surface area (Å²) < 4.78 is 33.9. The van der Waals surface area contributed by atoms with Crippen molar-refractivity contribution >= 4 is 56.5 Å². The fourth-order valence-corrected chi connectivity index (χ4v) is 5.62. The van der Waals surface area contributed by atoms with E-state index in [2.05, 4.69) is 0 Å². The second-order valence-electron chi connectivity index (χ2n) is 6.03. The van der Waals surface area contributed by atoms with Gasteiger partial charge in [0.15, 0.2) is 4.75 Å². The molecule has 0 radical (unpaired) electrons. The molecule has 0 saturated carbocycles. The minimum Gasteiger partial charge on any atom is -0.508 e. The van der Waals surface area contributed by atoms with Crippen LogP contribution in [0.3, 0.4) is 0 Å². The molecule has 152 valence electrons. The van der Waals surface area contributed by atoms with E-state index in [-0.39, 0.29) is 36.8 Å². The molecule has 0 aliphatic carbocycles. The van der Waals surface area contributed by atoms with Crippen LogP contribution in [0, 0.1) is 0 Å². The lowest BCUT2D eigenvalue weighted by atomic mass is 9.83. The van der Waals surface area contributed by atoms with Gasteiger partial charge in [-0.15, -0.1) is 0 Å². The summed E-state index contributed by atoms with van der Waals surface area (Å²) >= 11 is 24.7. The highest BCUT2D eigenvalue weighted by atomic mass is 35.5. The molecule has 1 atom stereocenters. The molecule has 0 aliphatic heterocycles. The van der Waals surface area contributed by atoms with Gasteiger partial charge in [0, 0.05) is 16.7 Å². The molecular formula is C19H12Cl4O5S. The Hall–Kier alpha value is -1.67. The van der Waals surface area contributed by atoms with E-state index in [4.69, 9.17) is 46.4 Å². The molecule has 10 heteroatoms. The van der Waals surface area contributed by atoms with Gasteiger partial charge < -0.3 is 10.2 Å². The van der Waals surface area contributed by atoms with Crippen LogP contribution in [0.4, 0.5) is 0 Å². The molecule has 0 bridgehead atoms. The van der Waals surface area contributed by atoms with Crippen molar-refractivity contribution in [2.24, 2.45) is 0 Å². The summed E-state index contributed by atoms with van der Waals surface area (Å²) in [6.45, 7) is 0. The van der Waals surface area contributed by atoms with Gasteiger partial charge in [-0.05, 0) is 18.2 Å². The third kappa shape index (κ3) is 3.44. The number of rotatable bonds is 4. The second-order valence-corrected chi connectivity index (χ2v) is 9.14. The lowest BCUT2D eigenvalue weighted by Gasteiger charge is -2.34. The lowest BCUT2D eigenvalue weighted by molar-refractivity contribution is 0.439. The van der Waals surface area contributed by atoms with Crippen LogP contribution in [0.5, 0.6) is 11.5 Å². The predicted octanol–water partition coefficient (Wildman–Crippen LogP) is 5.89. The van der Waals surface area contributed by atoms with Crippen molar-refractivity contribution in [1.82, 2.24) is 0 Å². The number of para-hydroxylation sites is 1. The lowest BCUT2D eigenvalue weighted by Crippen LogP contribution is -2.39. The van der Waals surface area contributed by atoms with Crippen LogP contribution in [-0.2, 0) is 14.9 Å². The topological polar surface area (TPSA) is 94.8 Å². The van der Waals surface area contributed by atoms with Gasteiger partial charge >= 0.3 is 0 Å². The number of phenolic OH excluding ortho intramolecular Hbond substituents is 2. The maximum atomic E-state index is 13.0. The molecule has 0 heterocycles. The van der Waals surface area contributed by atoms with E-state index in [9.17, 15) is 23.2 Å². The van der Waals surface area contributed by atoms with E-state index in [1.165, 1.54) is 54.6 Å². The number of phenols is 2. The second kappa shape index (κ2) is 7.87. The molecule has 0 aliphatic rings. The maximum absolute atomic E-state index is 13.0. The standard InChI is InChI=1S/C19H12Cl4O5S/c20-13-9-8-12(17(22)18(13)23)19(29(26,27)28,10-4-1-2-6-14(10)24)11-5-3-7-15(25)16(11)21/h1-9,24-25H,(H,26,27,28). The molecule has 1 unspecified atom stereocenters. The molecule has 0 saturated heterocycles. The Morgan fingerprint density at radius 3 is 1.83 bits per heavy atom. The molecule has 29 heavy (non-hydrogen) atoms. The normalized spacial score (nSPS) is 13.8. The maximum Gasteiger partial charge on any atom is 0.283 e. The van der Waals surface area contributed by atoms with Crippen molar-refractivity contribution in [1.29, 1.82) is 0 Å². The zero-order valence-electron chi connectivity index (χ0n) is 14.3. The van der Waals surface area contributed by atoms with Gasteiger partial charge in [0.25, 0.3) is 10.1 Å². The summed E-state index contributed by atoms with van der Waals surface area (Å²) in [5, 5.41) is 19.9. The smallest absolute Gasteiger partial charge is 0.283 e. The Kier molecular flexibility index (Phi) is 5.98. The van der Waals surface area contributed by atoms with Crippen LogP contribution in [-0.4, -0.2) is 23.2 Å². The van der Waals surface area contributed by atoms with Gasteiger partial charge in [0.05, 0.1) is 20.1 Å². The Morgan fingerprint density at radius 1 is 0.655 bits per heavy atom. The first kappa shape index (κ1) is 22.0. The summed E-state index contributed by atoms with van der Waals surface area (Å²) in [6, 6.07) is 11.8. The van der Waals surface area contributed by atoms with Crippen LogP contribution in [0.2, 0.25) is 20.1 Å². The van der Waals surface area contributed by atoms with Crippen molar-refractivity contribution in [3.8, 4) is 11.5 Å². The van der Waals surface area contributed by atoms with Crippen molar-refractivity contribution in [2.75, 3.05) is 0 Å². The molecule has 0 spiro atoms. The highest BCUT2D eigenvalue weighted by Crippen LogP contribution is 2.53. The van der Waals surface area contributed by atoms with E-state index < -0.39 is 26.4 Å². The van der Waals surface area contributed by atoms with Crippen LogP contribution in [0.25, 0.3) is 0 Å². The fourth-order valence-electron chi connectivity index (χ4n) is 3.21. The van der Waals surface area contributed by atoms with Gasteiger partial charge in [0.1, 0.15) is 11.5 Å². The summed E-state index contributed by atoms with van der Waals surface area (Å²) in [7, 11) is -5.14. The molecule has 3 aromatic carbocycles. The van der Waals surface area contributed by atoms with Gasteiger partial charge in [-0.25, -0.2) is 0 Å². The number of hydrogen-bond acceptors (Lipinski definition) is 4. The third-order valence-corrected chi connectivity index (χ3v) is 7.57. The SMILES string of the molecule is O=S(=O)(O)C(c1ccccc1O)(c1cccc(O)c1Cl)c1ccc(Cl)c(Cl)c1Cl. The Bertz CT molecular complexity index is 1210. The number of benzene rings is 3. The van der Waals surface area contributed by atoms with E-state index in [0.717, 1.165) is 0 Å². The average Bonchev–Trinajstić information content (AvgIpc) is 2.65. The van der Waals surface area contributed by atoms with Gasteiger partial charge in [0.2, 0.25) is 0 Å². The highest BCUT2D eigenvalue weighted by molar-refractivity contribution is 7.87. The third-order valence-electron chi connectivity index (χ3n) is 4.44. The van der Waals surface area contributed by atoms with Gasteiger partial charge in [-0.3, -0.25) is 4.55 Å². The largest absolute Gasteiger partial charge is 0.508 e. The number of hydrogen-bond donors (Lipinski definition) is 3. The number of aromatic hydroxyl groups is 2. The zero-order valence-corrected chi connectivity index (χ0v) is 18.1. The quantitative estimate of drug-likeness (QED) is 0.239. The summed E-state index contributed by atoms with van der Waals surface area (Å²) in [5.41, 5.74) is -0.719. The minimum atomic E-state index is -5.14. The van der Waals surface area contributed by atoms with Crippen molar-refractivity contribution in [3.05, 3.63) is 91.4 Å². The Balaban J connectivity index is 2.66. The Morgan fingerprint density at radius 2 is 1.21 bits per heavy atom. The first-order valence-electron chi connectivity index (χ1n) is 7.91. The molecule has 3 aromatic rings. The minimum absolute atomic E-state index is 0.0453.